The number of hydrogen-bond donors (Lipinski definition) is 3. The third-order valence-corrected chi connectivity index (χ3v) is 9.16. The number of nitrogens with two attached hydrogens (primary N) is 2. The Morgan fingerprint density at radius 2 is 1.09 bits per heavy atom. The molecule has 13 nitrogen and oxygen atoms in total. The van der Waals surface area contributed by atoms with Crippen LogP contribution in [0.25, 0.3) is 0 Å². The zero-order chi connectivity index (χ0) is 39.4. The highest BCUT2D eigenvalue weighted by molar-refractivity contribution is 5.88. The average molecular weight is 736 g/mol. The Bertz CT molecular complexity index is 2030. The summed E-state index contributed by atoms with van der Waals surface area (Å²) < 4.78 is 11.8. The van der Waals surface area contributed by atoms with E-state index in [4.69, 9.17) is 26.0 Å². The summed E-state index contributed by atoms with van der Waals surface area (Å²) in [5.41, 5.74) is 11.0. The van der Waals surface area contributed by atoms with Gasteiger partial charge in [-0.1, -0.05) is 112 Å². The van der Waals surface area contributed by atoms with Crippen LogP contribution in [0.1, 0.15) is 63.9 Å². The van der Waals surface area contributed by atoms with Crippen LogP contribution in [-0.4, -0.2) is 53.8 Å². The molecule has 0 radical (unpaired) electrons. The number of aromatic nitrogens is 2. The van der Waals surface area contributed by atoms with Crippen molar-refractivity contribution in [1.29, 1.82) is 0 Å². The highest BCUT2D eigenvalue weighted by Crippen LogP contribution is 2.49. The predicted molar refractivity (Wildman–Crippen MR) is 211 cm³/mol. The summed E-state index contributed by atoms with van der Waals surface area (Å²) in [5.74, 6) is 0.589. The molecule has 5 aromatic rings. The van der Waals surface area contributed by atoms with Crippen molar-refractivity contribution in [3.63, 3.8) is 0 Å². The zero-order valence-electron chi connectivity index (χ0n) is 31.9. The van der Waals surface area contributed by atoms with E-state index in [-0.39, 0.29) is 37.7 Å². The molecule has 5 N–H and O–H groups in total. The fraction of sp³-hybridized carbons (Fsp3) is 0.341. The monoisotopic (exact) mass is 735 g/mol. The van der Waals surface area contributed by atoms with Gasteiger partial charge in [0, 0.05) is 18.0 Å². The molecule has 13 heteroatoms. The number of carbonyl (C=O) groups excluding carboxylic acids is 2. The minimum absolute atomic E-state index is 0.0235. The van der Waals surface area contributed by atoms with Gasteiger partial charge in [0.15, 0.2) is 0 Å². The highest BCUT2D eigenvalue weighted by Gasteiger charge is 2.44. The van der Waals surface area contributed by atoms with Crippen molar-refractivity contribution in [2.75, 3.05) is 41.4 Å². The van der Waals surface area contributed by atoms with Gasteiger partial charge in [-0.05, 0) is 37.5 Å². The number of nitrogens with one attached hydrogen (secondary N) is 1. The van der Waals surface area contributed by atoms with Gasteiger partial charge in [-0.25, -0.2) is 9.59 Å². The number of primary amides is 2. The largest absolute Gasteiger partial charge is 0.448 e. The maximum absolute atomic E-state index is 14.0. The van der Waals surface area contributed by atoms with Crippen molar-refractivity contribution in [3.05, 3.63) is 134 Å². The summed E-state index contributed by atoms with van der Waals surface area (Å²) >= 11 is 0. The maximum Gasteiger partial charge on any atom is 0.404 e. The highest BCUT2D eigenvalue weighted by atomic mass is 16.5. The molecule has 0 unspecified atom stereocenters. The number of benzene rings is 3. The number of amides is 2. The molecule has 2 amide bonds. The van der Waals surface area contributed by atoms with Gasteiger partial charge in [0.1, 0.15) is 41.6 Å². The molecule has 284 valence electrons. The van der Waals surface area contributed by atoms with Crippen LogP contribution in [-0.2, 0) is 27.5 Å². The van der Waals surface area contributed by atoms with E-state index in [1.165, 1.54) is 0 Å². The van der Waals surface area contributed by atoms with Gasteiger partial charge in [0.25, 0.3) is 10.9 Å². The first-order valence-electron chi connectivity index (χ1n) is 17.7. The molecule has 5 rings (SSSR count). The lowest BCUT2D eigenvalue weighted by Crippen LogP contribution is -2.51. The van der Waals surface area contributed by atoms with Gasteiger partial charge >= 0.3 is 12.2 Å². The van der Waals surface area contributed by atoms with Crippen LogP contribution >= 0.6 is 0 Å². The van der Waals surface area contributed by atoms with Gasteiger partial charge in [0.2, 0.25) is 0 Å². The Morgan fingerprint density at radius 1 is 0.685 bits per heavy atom. The van der Waals surface area contributed by atoms with Gasteiger partial charge in [-0.15, -0.1) is 0 Å². The van der Waals surface area contributed by atoms with E-state index in [9.17, 15) is 19.2 Å². The Kier molecular flexibility index (Phi) is 11.2. The van der Waals surface area contributed by atoms with Crippen molar-refractivity contribution in [1.82, 2.24) is 9.78 Å². The number of aryl methyl sites for hydroxylation is 1. The van der Waals surface area contributed by atoms with Crippen molar-refractivity contribution in [2.24, 2.45) is 18.5 Å². The molecule has 0 aliphatic rings. The van der Waals surface area contributed by atoms with Crippen LogP contribution in [0.3, 0.4) is 0 Å². The molecule has 1 aromatic heterocycles. The molecule has 0 fully saturated rings. The topological polar surface area (TPSA) is 175 Å². The van der Waals surface area contributed by atoms with E-state index < -0.39 is 39.5 Å². The van der Waals surface area contributed by atoms with Gasteiger partial charge in [-0.3, -0.25) is 14.3 Å². The SMILES string of the molecule is Cn1nc(C(C)(C)C)c(N(c2c(N(CCOC(N)=O)CCOC(N)=O)c(=O)c2=O)C(C)(C)C)c1NC(c1ccccc1)(c1ccccc1)c1ccccc1. The second-order valence-electron chi connectivity index (χ2n) is 15.1. The van der Waals surface area contributed by atoms with Crippen molar-refractivity contribution in [2.45, 2.75) is 58.0 Å². The van der Waals surface area contributed by atoms with E-state index in [0.717, 1.165) is 16.7 Å². The lowest BCUT2D eigenvalue weighted by molar-refractivity contribution is 0.154. The fourth-order valence-corrected chi connectivity index (χ4v) is 6.83. The van der Waals surface area contributed by atoms with Crippen LogP contribution in [0.15, 0.2) is 101 Å². The van der Waals surface area contributed by atoms with E-state index >= 15 is 0 Å². The van der Waals surface area contributed by atoms with Crippen molar-refractivity contribution >= 4 is 35.1 Å². The number of rotatable bonds is 14. The first-order valence-corrected chi connectivity index (χ1v) is 17.7. The summed E-state index contributed by atoms with van der Waals surface area (Å²) in [5, 5.41) is 9.09. The standard InChI is InChI=1S/C41H49N7O6/c1-39(2,3)35-32(48(40(4,5)6)31-30(33(49)34(31)50)47(23-25-53-37(42)51)24-26-54-38(43)52)36(46(7)45-35)44-41(27-17-11-8-12-18-27,28-19-13-9-14-20-28)29-21-15-10-16-22-29/h8-22,44H,23-26H2,1-7H3,(H2,42,51)(H2,43,52). The second-order valence-corrected chi connectivity index (χ2v) is 15.1. The Balaban J connectivity index is 1.82. The minimum Gasteiger partial charge on any atom is -0.448 e. The molecule has 0 spiro atoms. The molecule has 1 heterocycles. The van der Waals surface area contributed by atoms with E-state index in [1.807, 2.05) is 108 Å². The fourth-order valence-electron chi connectivity index (χ4n) is 6.83. The third kappa shape index (κ3) is 7.80. The van der Waals surface area contributed by atoms with Gasteiger partial charge in [-0.2, -0.15) is 5.10 Å². The minimum atomic E-state index is -0.996. The molecule has 0 aliphatic heterocycles. The first kappa shape index (κ1) is 39.1. The molecular formula is C41H49N7O6. The molecule has 4 aromatic carbocycles. The second kappa shape index (κ2) is 15.5. The van der Waals surface area contributed by atoms with Crippen LogP contribution < -0.4 is 37.4 Å². The average Bonchev–Trinajstić information content (AvgIpc) is 3.45. The molecule has 0 saturated heterocycles. The Hall–Kier alpha value is -6.11. The smallest absolute Gasteiger partial charge is 0.404 e. The lowest BCUT2D eigenvalue weighted by atomic mass is 9.77. The summed E-state index contributed by atoms with van der Waals surface area (Å²) in [6, 6.07) is 30.3. The molecular weight excluding hydrogens is 686 g/mol. The maximum atomic E-state index is 14.0. The molecule has 0 saturated carbocycles. The Labute approximate surface area is 315 Å². The zero-order valence-corrected chi connectivity index (χ0v) is 31.9. The normalized spacial score (nSPS) is 12.0. The summed E-state index contributed by atoms with van der Waals surface area (Å²) in [6.07, 6.45) is -1.99. The molecule has 0 aliphatic carbocycles. The van der Waals surface area contributed by atoms with E-state index in [2.05, 4.69) is 41.7 Å². The van der Waals surface area contributed by atoms with Gasteiger partial charge < -0.3 is 36.1 Å². The van der Waals surface area contributed by atoms with E-state index in [1.54, 1.807) is 9.58 Å². The molecule has 54 heavy (non-hydrogen) atoms. The predicted octanol–water partition coefficient (Wildman–Crippen LogP) is 5.65. The van der Waals surface area contributed by atoms with Crippen LogP contribution in [0, 0.1) is 0 Å². The number of ether oxygens (including phenoxy) is 2. The van der Waals surface area contributed by atoms with E-state index in [0.29, 0.717) is 17.2 Å². The number of anilines is 4. The number of nitrogens with zero attached hydrogens (tertiary/aromatic N) is 4. The van der Waals surface area contributed by atoms with Crippen LogP contribution in [0.5, 0.6) is 0 Å². The summed E-state index contributed by atoms with van der Waals surface area (Å²) in [6.45, 7) is 11.5. The number of hydrogen-bond acceptors (Lipinski definition) is 10. The third-order valence-electron chi connectivity index (χ3n) is 9.16. The number of carbonyl (C=O) groups is 2. The quantitative estimate of drug-likeness (QED) is 0.0955. The molecule has 0 atom stereocenters. The molecule has 0 bridgehead atoms. The van der Waals surface area contributed by atoms with Crippen molar-refractivity contribution in [3.8, 4) is 0 Å². The van der Waals surface area contributed by atoms with Crippen molar-refractivity contribution < 1.29 is 19.1 Å². The summed E-state index contributed by atoms with van der Waals surface area (Å²) in [7, 11) is 1.85. The first-order chi connectivity index (χ1) is 25.5. The Morgan fingerprint density at radius 3 is 1.46 bits per heavy atom. The summed E-state index contributed by atoms with van der Waals surface area (Å²) in [4.78, 5) is 54.0. The van der Waals surface area contributed by atoms with Crippen LogP contribution in [0.4, 0.5) is 32.5 Å². The van der Waals surface area contributed by atoms with Crippen LogP contribution in [0.2, 0.25) is 0 Å². The van der Waals surface area contributed by atoms with Gasteiger partial charge in [0.05, 0.1) is 18.8 Å². The lowest BCUT2D eigenvalue weighted by Gasteiger charge is -2.43.